The molecule has 3 nitrogen and oxygen atoms in total. The molecule has 1 amide bonds. The zero-order chi connectivity index (χ0) is 9.42. The van der Waals surface area contributed by atoms with Crippen molar-refractivity contribution < 1.29 is 4.79 Å². The van der Waals surface area contributed by atoms with Crippen molar-refractivity contribution in [1.29, 1.82) is 5.26 Å². The van der Waals surface area contributed by atoms with Crippen molar-refractivity contribution in [2.45, 2.75) is 6.54 Å². The Hall–Kier alpha value is -1.76. The average Bonchev–Trinajstić information content (AvgIpc) is 2.51. The number of carbonyl (C=O) groups excluding carboxylic acids is 1. The van der Waals surface area contributed by atoms with E-state index >= 15 is 0 Å². The van der Waals surface area contributed by atoms with E-state index in [4.69, 9.17) is 5.26 Å². The van der Waals surface area contributed by atoms with Crippen molar-refractivity contribution in [3.05, 3.63) is 28.8 Å². The van der Waals surface area contributed by atoms with Crippen LogP contribution in [0.25, 0.3) is 0 Å². The number of hydrogen-bond donors (Lipinski definition) is 1. The first-order valence-electron chi connectivity index (χ1n) is 4.05. The topological polar surface area (TPSA) is 52.9 Å². The molecule has 1 aromatic carbocycles. The molecule has 1 N–H and O–H groups in total. The van der Waals surface area contributed by atoms with E-state index in [9.17, 15) is 4.79 Å². The summed E-state index contributed by atoms with van der Waals surface area (Å²) in [5, 5.41) is 11.5. The minimum absolute atomic E-state index is 0.129. The molecule has 13 heavy (non-hydrogen) atoms. The Labute approximate surface area is 76.8 Å². The zero-order valence-corrected chi connectivity index (χ0v) is 7.22. The maximum Gasteiger partial charge on any atom is 0.253 e. The number of nitriles is 1. The molecule has 4 heteroatoms. The van der Waals surface area contributed by atoms with Gasteiger partial charge in [0.1, 0.15) is 7.85 Å². The van der Waals surface area contributed by atoms with Gasteiger partial charge in [-0.2, -0.15) is 5.26 Å². The van der Waals surface area contributed by atoms with E-state index in [1.165, 1.54) is 0 Å². The lowest BCUT2D eigenvalue weighted by Gasteiger charge is -2.01. The molecule has 0 aromatic heterocycles. The molecule has 2 rings (SSSR count). The predicted octanol–water partition coefficient (Wildman–Crippen LogP) is -0.940. The third-order valence-electron chi connectivity index (χ3n) is 2.32. The number of nitrogens with one attached hydrogen (secondary N) is 1. The number of amides is 1. The van der Waals surface area contributed by atoms with Crippen molar-refractivity contribution in [1.82, 2.24) is 5.32 Å². The van der Waals surface area contributed by atoms with Crippen LogP contribution >= 0.6 is 0 Å². The number of fused-ring (bicyclic) bond motifs is 1. The molecule has 0 saturated heterocycles. The lowest BCUT2D eigenvalue weighted by atomic mass is 9.87. The fraction of sp³-hybridized carbons (Fsp3) is 0.111. The maximum absolute atomic E-state index is 11.3. The van der Waals surface area contributed by atoms with E-state index in [-0.39, 0.29) is 5.91 Å². The molecule has 0 aliphatic carbocycles. The highest BCUT2D eigenvalue weighted by Gasteiger charge is 2.23. The largest absolute Gasteiger partial charge is 0.348 e. The van der Waals surface area contributed by atoms with Gasteiger partial charge in [0.15, 0.2) is 0 Å². The van der Waals surface area contributed by atoms with Gasteiger partial charge in [0.2, 0.25) is 0 Å². The minimum Gasteiger partial charge on any atom is -0.348 e. The molecule has 1 aromatic rings. The zero-order valence-electron chi connectivity index (χ0n) is 7.22. The van der Waals surface area contributed by atoms with Crippen molar-refractivity contribution in [3.63, 3.8) is 0 Å². The van der Waals surface area contributed by atoms with E-state index in [2.05, 4.69) is 5.32 Å². The van der Waals surface area contributed by atoms with Gasteiger partial charge in [-0.1, -0.05) is 11.5 Å². The Morgan fingerprint density at radius 3 is 3.00 bits per heavy atom. The quantitative estimate of drug-likeness (QED) is 0.511. The molecule has 0 radical (unpaired) electrons. The van der Waals surface area contributed by atoms with Crippen LogP contribution in [0.3, 0.4) is 0 Å². The highest BCUT2D eigenvalue weighted by atomic mass is 16.1. The van der Waals surface area contributed by atoms with Crippen LogP contribution < -0.4 is 10.8 Å². The van der Waals surface area contributed by atoms with Gasteiger partial charge in [-0.15, -0.1) is 0 Å². The van der Waals surface area contributed by atoms with Crippen LogP contribution in [0.15, 0.2) is 12.1 Å². The third kappa shape index (κ3) is 1.01. The summed E-state index contributed by atoms with van der Waals surface area (Å²) in [5.74, 6) is -0.129. The fourth-order valence-corrected chi connectivity index (χ4v) is 1.59. The van der Waals surface area contributed by atoms with Gasteiger partial charge in [0.05, 0.1) is 17.2 Å². The van der Waals surface area contributed by atoms with Crippen molar-refractivity contribution in [3.8, 4) is 6.07 Å². The van der Waals surface area contributed by atoms with Crippen LogP contribution in [0, 0.1) is 11.3 Å². The second kappa shape index (κ2) is 2.63. The van der Waals surface area contributed by atoms with Gasteiger partial charge in [0.25, 0.3) is 5.91 Å². The van der Waals surface area contributed by atoms with Gasteiger partial charge in [0, 0.05) is 6.54 Å². The second-order valence-corrected chi connectivity index (χ2v) is 3.08. The van der Waals surface area contributed by atoms with Gasteiger partial charge in [-0.3, -0.25) is 4.79 Å². The Morgan fingerprint density at radius 1 is 1.54 bits per heavy atom. The Balaban J connectivity index is 2.75. The molecule has 62 valence electrons. The summed E-state index contributed by atoms with van der Waals surface area (Å²) in [4.78, 5) is 11.3. The molecular formula is C9H7BN2O. The number of rotatable bonds is 0. The number of benzene rings is 1. The van der Waals surface area contributed by atoms with Crippen LogP contribution in [-0.2, 0) is 6.54 Å². The lowest BCUT2D eigenvalue weighted by Crippen LogP contribution is -2.13. The normalized spacial score (nSPS) is 13.3. The summed E-state index contributed by atoms with van der Waals surface area (Å²) < 4.78 is 0. The highest BCUT2D eigenvalue weighted by molar-refractivity contribution is 6.34. The molecule has 0 fully saturated rings. The average molecular weight is 170 g/mol. The summed E-state index contributed by atoms with van der Waals surface area (Å²) in [6, 6.07) is 5.59. The second-order valence-electron chi connectivity index (χ2n) is 3.08. The van der Waals surface area contributed by atoms with E-state index < -0.39 is 0 Å². The van der Waals surface area contributed by atoms with E-state index in [0.717, 1.165) is 11.0 Å². The summed E-state index contributed by atoms with van der Waals surface area (Å²) in [5.41, 5.74) is 3.05. The fourth-order valence-electron chi connectivity index (χ4n) is 1.59. The summed E-state index contributed by atoms with van der Waals surface area (Å²) in [6.07, 6.45) is 0. The molecule has 0 bridgehead atoms. The monoisotopic (exact) mass is 170 g/mol. The van der Waals surface area contributed by atoms with Crippen LogP contribution in [0.2, 0.25) is 0 Å². The number of carbonyl (C=O) groups is 1. The summed E-state index contributed by atoms with van der Waals surface area (Å²) >= 11 is 0. The van der Waals surface area contributed by atoms with Crippen molar-refractivity contribution in [2.24, 2.45) is 0 Å². The Kier molecular flexibility index (Phi) is 1.59. The van der Waals surface area contributed by atoms with E-state index in [1.807, 2.05) is 20.0 Å². The van der Waals surface area contributed by atoms with Crippen LogP contribution in [0.1, 0.15) is 21.5 Å². The molecule has 0 saturated carbocycles. The van der Waals surface area contributed by atoms with Crippen molar-refractivity contribution >= 4 is 19.2 Å². The Morgan fingerprint density at radius 2 is 2.31 bits per heavy atom. The van der Waals surface area contributed by atoms with Crippen LogP contribution in [0.4, 0.5) is 0 Å². The number of hydrogen-bond acceptors (Lipinski definition) is 2. The molecule has 1 aliphatic heterocycles. The summed E-state index contributed by atoms with van der Waals surface area (Å²) in [7, 11) is 1.94. The minimum atomic E-state index is -0.129. The SMILES string of the molecule is Bc1ccc(C#N)c2c1CNC2=O. The predicted molar refractivity (Wildman–Crippen MR) is 50.5 cm³/mol. The molecular weight excluding hydrogens is 163 g/mol. The maximum atomic E-state index is 11.3. The Bertz CT molecular complexity index is 434. The first-order chi connectivity index (χ1) is 6.24. The van der Waals surface area contributed by atoms with Crippen LogP contribution in [-0.4, -0.2) is 13.8 Å². The van der Waals surface area contributed by atoms with Crippen LogP contribution in [0.5, 0.6) is 0 Å². The standard InChI is InChI=1S/C9H7BN2O/c10-7-2-1-5(3-11)8-6(7)4-12-9(8)13/h1-2H,4,10H2,(H,12,13). The highest BCUT2D eigenvalue weighted by Crippen LogP contribution is 2.16. The van der Waals surface area contributed by atoms with Gasteiger partial charge in [-0.25, -0.2) is 0 Å². The van der Waals surface area contributed by atoms with Gasteiger partial charge < -0.3 is 5.32 Å². The van der Waals surface area contributed by atoms with Gasteiger partial charge in [-0.05, 0) is 11.6 Å². The smallest absolute Gasteiger partial charge is 0.253 e. The van der Waals surface area contributed by atoms with E-state index in [0.29, 0.717) is 17.7 Å². The molecule has 1 heterocycles. The molecule has 0 unspecified atom stereocenters. The summed E-state index contributed by atoms with van der Waals surface area (Å²) in [6.45, 7) is 0.551. The molecule has 0 spiro atoms. The first kappa shape index (κ1) is 7.87. The van der Waals surface area contributed by atoms with E-state index in [1.54, 1.807) is 6.07 Å². The van der Waals surface area contributed by atoms with Gasteiger partial charge >= 0.3 is 0 Å². The molecule has 1 aliphatic rings. The molecule has 0 atom stereocenters. The van der Waals surface area contributed by atoms with Crippen molar-refractivity contribution in [2.75, 3.05) is 0 Å². The third-order valence-corrected chi connectivity index (χ3v) is 2.32. The number of nitrogens with zero attached hydrogens (tertiary/aromatic N) is 1. The lowest BCUT2D eigenvalue weighted by molar-refractivity contribution is 0.0965. The first-order valence-corrected chi connectivity index (χ1v) is 4.05.